The van der Waals surface area contributed by atoms with E-state index in [0.717, 1.165) is 18.1 Å². The fourth-order valence-corrected chi connectivity index (χ4v) is 2.15. The summed E-state index contributed by atoms with van der Waals surface area (Å²) in [6.45, 7) is 9.44. The van der Waals surface area contributed by atoms with Crippen LogP contribution in [0.3, 0.4) is 0 Å². The molecule has 0 radical (unpaired) electrons. The first-order valence-corrected chi connectivity index (χ1v) is 6.57. The number of thiocarbonyl (C=S) groups is 1. The van der Waals surface area contributed by atoms with Gasteiger partial charge in [-0.25, -0.2) is 0 Å². The monoisotopic (exact) mass is 250 g/mol. The van der Waals surface area contributed by atoms with E-state index in [2.05, 4.69) is 56.5 Å². The van der Waals surface area contributed by atoms with Gasteiger partial charge in [0.2, 0.25) is 0 Å². The molecule has 0 spiro atoms. The van der Waals surface area contributed by atoms with Gasteiger partial charge in [0.05, 0.1) is 6.04 Å². The van der Waals surface area contributed by atoms with Crippen LogP contribution in [-0.4, -0.2) is 11.7 Å². The zero-order valence-electron chi connectivity index (χ0n) is 11.1. The van der Waals surface area contributed by atoms with E-state index >= 15 is 0 Å². The van der Waals surface area contributed by atoms with Crippen molar-refractivity contribution in [1.29, 1.82) is 0 Å². The standard InChI is InChI=1S/C14H22N2S/c1-5-8-15-14(17)16-12(4)13-7-6-10(2)9-11(13)3/h6-7,9,12H,5,8H2,1-4H3,(H2,15,16,17). The number of hydrogen-bond donors (Lipinski definition) is 2. The largest absolute Gasteiger partial charge is 0.363 e. The molecule has 0 bridgehead atoms. The topological polar surface area (TPSA) is 24.1 Å². The summed E-state index contributed by atoms with van der Waals surface area (Å²) in [5.41, 5.74) is 3.91. The third-order valence-corrected chi connectivity index (χ3v) is 3.04. The molecule has 1 rings (SSSR count). The molecule has 1 aromatic carbocycles. The summed E-state index contributed by atoms with van der Waals surface area (Å²) in [6, 6.07) is 6.76. The Labute approximate surface area is 110 Å². The Morgan fingerprint density at radius 2 is 2.06 bits per heavy atom. The molecule has 0 aliphatic heterocycles. The first kappa shape index (κ1) is 14.0. The second kappa shape index (κ2) is 6.60. The molecule has 0 saturated carbocycles. The van der Waals surface area contributed by atoms with Gasteiger partial charge < -0.3 is 10.6 Å². The van der Waals surface area contributed by atoms with Crippen molar-refractivity contribution in [3.63, 3.8) is 0 Å². The van der Waals surface area contributed by atoms with Gasteiger partial charge in [0.25, 0.3) is 0 Å². The summed E-state index contributed by atoms with van der Waals surface area (Å²) < 4.78 is 0. The fraction of sp³-hybridized carbons (Fsp3) is 0.500. The van der Waals surface area contributed by atoms with Crippen molar-refractivity contribution in [3.8, 4) is 0 Å². The lowest BCUT2D eigenvalue weighted by Crippen LogP contribution is -2.37. The summed E-state index contributed by atoms with van der Waals surface area (Å²) in [6.07, 6.45) is 1.08. The van der Waals surface area contributed by atoms with E-state index in [1.165, 1.54) is 16.7 Å². The van der Waals surface area contributed by atoms with Crippen LogP contribution in [-0.2, 0) is 0 Å². The van der Waals surface area contributed by atoms with Crippen LogP contribution in [0.4, 0.5) is 0 Å². The van der Waals surface area contributed by atoms with Gasteiger partial charge in [0.1, 0.15) is 0 Å². The minimum atomic E-state index is 0.243. The molecule has 1 unspecified atom stereocenters. The number of hydrogen-bond acceptors (Lipinski definition) is 1. The van der Waals surface area contributed by atoms with Gasteiger partial charge in [-0.3, -0.25) is 0 Å². The van der Waals surface area contributed by atoms with Crippen molar-refractivity contribution in [1.82, 2.24) is 10.6 Å². The Kier molecular flexibility index (Phi) is 5.42. The highest BCUT2D eigenvalue weighted by Gasteiger charge is 2.09. The smallest absolute Gasteiger partial charge is 0.166 e. The van der Waals surface area contributed by atoms with Crippen molar-refractivity contribution in [3.05, 3.63) is 34.9 Å². The summed E-state index contributed by atoms with van der Waals surface area (Å²) in [5, 5.41) is 7.23. The Balaban J connectivity index is 2.63. The highest BCUT2D eigenvalue weighted by Crippen LogP contribution is 2.18. The predicted molar refractivity (Wildman–Crippen MR) is 78.4 cm³/mol. The highest BCUT2D eigenvalue weighted by molar-refractivity contribution is 7.80. The third kappa shape index (κ3) is 4.35. The first-order valence-electron chi connectivity index (χ1n) is 6.16. The van der Waals surface area contributed by atoms with E-state index in [1.54, 1.807) is 0 Å². The Bertz CT molecular complexity index is 388. The molecule has 0 heterocycles. The third-order valence-electron chi connectivity index (χ3n) is 2.77. The van der Waals surface area contributed by atoms with Crippen LogP contribution in [0.15, 0.2) is 18.2 Å². The van der Waals surface area contributed by atoms with Crippen LogP contribution >= 0.6 is 12.2 Å². The lowest BCUT2D eigenvalue weighted by Gasteiger charge is -2.19. The van der Waals surface area contributed by atoms with Crippen LogP contribution in [0.5, 0.6) is 0 Å². The molecule has 0 fully saturated rings. The molecule has 0 aromatic heterocycles. The van der Waals surface area contributed by atoms with Crippen molar-refractivity contribution >= 4 is 17.3 Å². The fourth-order valence-electron chi connectivity index (χ4n) is 1.88. The maximum absolute atomic E-state index is 5.24. The van der Waals surface area contributed by atoms with Gasteiger partial charge in [0.15, 0.2) is 5.11 Å². The summed E-state index contributed by atoms with van der Waals surface area (Å²) in [5.74, 6) is 0. The lowest BCUT2D eigenvalue weighted by molar-refractivity contribution is 0.690. The average Bonchev–Trinajstić information content (AvgIpc) is 2.26. The van der Waals surface area contributed by atoms with Gasteiger partial charge >= 0.3 is 0 Å². The predicted octanol–water partition coefficient (Wildman–Crippen LogP) is 3.24. The maximum atomic E-state index is 5.24. The molecule has 2 nitrogen and oxygen atoms in total. The van der Waals surface area contributed by atoms with E-state index in [9.17, 15) is 0 Å². The van der Waals surface area contributed by atoms with Gasteiger partial charge in [-0.05, 0) is 50.5 Å². The molecule has 2 N–H and O–H groups in total. The lowest BCUT2D eigenvalue weighted by atomic mass is 10.0. The summed E-state index contributed by atoms with van der Waals surface area (Å²) in [4.78, 5) is 0. The summed E-state index contributed by atoms with van der Waals surface area (Å²) >= 11 is 5.24. The second-order valence-corrected chi connectivity index (χ2v) is 4.89. The van der Waals surface area contributed by atoms with Crippen LogP contribution in [0.2, 0.25) is 0 Å². The zero-order valence-corrected chi connectivity index (χ0v) is 11.9. The molecule has 0 aliphatic carbocycles. The van der Waals surface area contributed by atoms with E-state index in [1.807, 2.05) is 0 Å². The normalized spacial score (nSPS) is 12.0. The van der Waals surface area contributed by atoms with E-state index in [0.29, 0.717) is 0 Å². The molecule has 17 heavy (non-hydrogen) atoms. The Morgan fingerprint density at radius 1 is 1.35 bits per heavy atom. The second-order valence-electron chi connectivity index (χ2n) is 4.48. The van der Waals surface area contributed by atoms with Gasteiger partial charge in [-0.15, -0.1) is 0 Å². The van der Waals surface area contributed by atoms with Gasteiger partial charge in [-0.2, -0.15) is 0 Å². The van der Waals surface area contributed by atoms with Crippen LogP contribution in [0.1, 0.15) is 43.0 Å². The van der Waals surface area contributed by atoms with Crippen molar-refractivity contribution in [2.45, 2.75) is 40.2 Å². The molecular formula is C14H22N2S. The first-order chi connectivity index (χ1) is 8.04. The number of aryl methyl sites for hydroxylation is 2. The Hall–Kier alpha value is -1.09. The maximum Gasteiger partial charge on any atom is 0.166 e. The number of nitrogens with one attached hydrogen (secondary N) is 2. The molecular weight excluding hydrogens is 228 g/mol. The molecule has 1 aromatic rings. The average molecular weight is 250 g/mol. The van der Waals surface area contributed by atoms with Crippen LogP contribution < -0.4 is 10.6 Å². The van der Waals surface area contributed by atoms with Crippen molar-refractivity contribution in [2.24, 2.45) is 0 Å². The van der Waals surface area contributed by atoms with Crippen molar-refractivity contribution in [2.75, 3.05) is 6.54 Å². The molecule has 0 amide bonds. The Morgan fingerprint density at radius 3 is 2.65 bits per heavy atom. The molecule has 94 valence electrons. The number of benzene rings is 1. The van der Waals surface area contributed by atoms with Crippen LogP contribution in [0.25, 0.3) is 0 Å². The molecule has 0 saturated heterocycles. The SMILES string of the molecule is CCCNC(=S)NC(C)c1ccc(C)cc1C. The van der Waals surface area contributed by atoms with Gasteiger partial charge in [-0.1, -0.05) is 30.7 Å². The van der Waals surface area contributed by atoms with E-state index < -0.39 is 0 Å². The molecule has 1 atom stereocenters. The van der Waals surface area contributed by atoms with Gasteiger partial charge in [0, 0.05) is 6.54 Å². The van der Waals surface area contributed by atoms with E-state index in [-0.39, 0.29) is 6.04 Å². The van der Waals surface area contributed by atoms with Crippen molar-refractivity contribution < 1.29 is 0 Å². The summed E-state index contributed by atoms with van der Waals surface area (Å²) in [7, 11) is 0. The minimum Gasteiger partial charge on any atom is -0.363 e. The van der Waals surface area contributed by atoms with E-state index in [4.69, 9.17) is 12.2 Å². The van der Waals surface area contributed by atoms with Crippen LogP contribution in [0, 0.1) is 13.8 Å². The minimum absolute atomic E-state index is 0.243. The highest BCUT2D eigenvalue weighted by atomic mass is 32.1. The number of rotatable bonds is 4. The zero-order chi connectivity index (χ0) is 12.8. The molecule has 0 aliphatic rings. The molecule has 3 heteroatoms. The quantitative estimate of drug-likeness (QED) is 0.802.